The first-order valence-electron chi connectivity index (χ1n) is 8.38. The molecule has 0 bridgehead atoms. The molecular formula is C18H13N5O3S. The van der Waals surface area contributed by atoms with Crippen LogP contribution in [0.5, 0.6) is 0 Å². The van der Waals surface area contributed by atoms with Crippen LogP contribution in [0, 0.1) is 11.3 Å². The Morgan fingerprint density at radius 3 is 2.78 bits per heavy atom. The van der Waals surface area contributed by atoms with Gasteiger partial charge >= 0.3 is 0 Å². The molecule has 0 saturated heterocycles. The zero-order chi connectivity index (χ0) is 18.8. The standard InChI is InChI=1S/C18H13N5O3S/c19-8-12-16(9-4-5-9)21-22-17(12)23-27(25,26)14-7-6-13-15-10(14)2-1-3-11(15)18(24)20-13/h1-3,6-7,9H,4-5H2,(H,20,24)(H2,21,22,23). The van der Waals surface area contributed by atoms with Gasteiger partial charge in [-0.05, 0) is 31.0 Å². The average molecular weight is 379 g/mol. The molecule has 27 heavy (non-hydrogen) atoms. The van der Waals surface area contributed by atoms with E-state index in [9.17, 15) is 18.5 Å². The number of hydrogen-bond donors (Lipinski definition) is 3. The van der Waals surface area contributed by atoms with Crippen LogP contribution >= 0.6 is 0 Å². The number of carbonyl (C=O) groups excluding carboxylic acids is 1. The summed E-state index contributed by atoms with van der Waals surface area (Å²) in [4.78, 5) is 12.1. The summed E-state index contributed by atoms with van der Waals surface area (Å²) in [5.41, 5.74) is 1.92. The first-order chi connectivity index (χ1) is 13.0. The molecule has 5 rings (SSSR count). The number of nitrogens with zero attached hydrogens (tertiary/aromatic N) is 2. The Kier molecular flexibility index (Phi) is 3.12. The van der Waals surface area contributed by atoms with Gasteiger partial charge in [-0.3, -0.25) is 14.6 Å². The predicted molar refractivity (Wildman–Crippen MR) is 98.0 cm³/mol. The van der Waals surface area contributed by atoms with Gasteiger partial charge in [0.25, 0.3) is 15.9 Å². The van der Waals surface area contributed by atoms with Crippen LogP contribution in [0.15, 0.2) is 35.2 Å². The van der Waals surface area contributed by atoms with Crippen molar-refractivity contribution in [3.63, 3.8) is 0 Å². The van der Waals surface area contributed by atoms with Crippen LogP contribution in [-0.2, 0) is 10.0 Å². The number of anilines is 2. The number of aromatic nitrogens is 2. The zero-order valence-electron chi connectivity index (χ0n) is 13.9. The van der Waals surface area contributed by atoms with Crippen molar-refractivity contribution >= 4 is 38.2 Å². The van der Waals surface area contributed by atoms with Gasteiger partial charge in [0.2, 0.25) is 0 Å². The van der Waals surface area contributed by atoms with Crippen LogP contribution in [-0.4, -0.2) is 24.5 Å². The van der Waals surface area contributed by atoms with Crippen LogP contribution in [0.25, 0.3) is 10.8 Å². The molecule has 1 amide bonds. The summed E-state index contributed by atoms with van der Waals surface area (Å²) < 4.78 is 28.5. The third kappa shape index (κ3) is 2.30. The maximum Gasteiger partial charge on any atom is 0.263 e. The Morgan fingerprint density at radius 2 is 2.04 bits per heavy atom. The van der Waals surface area contributed by atoms with Gasteiger partial charge in [-0.25, -0.2) is 8.42 Å². The summed E-state index contributed by atoms with van der Waals surface area (Å²) in [6.07, 6.45) is 1.91. The molecule has 0 atom stereocenters. The minimum absolute atomic E-state index is 0.00291. The number of carbonyl (C=O) groups is 1. The van der Waals surface area contributed by atoms with Crippen molar-refractivity contribution < 1.29 is 13.2 Å². The summed E-state index contributed by atoms with van der Waals surface area (Å²) in [7, 11) is -4.01. The van der Waals surface area contributed by atoms with Crippen LogP contribution in [0.1, 0.15) is 40.4 Å². The molecule has 1 saturated carbocycles. The van der Waals surface area contributed by atoms with E-state index in [0.29, 0.717) is 27.7 Å². The van der Waals surface area contributed by atoms with E-state index in [2.05, 4.69) is 20.2 Å². The van der Waals surface area contributed by atoms with E-state index in [0.717, 1.165) is 12.8 Å². The topological polar surface area (TPSA) is 128 Å². The van der Waals surface area contributed by atoms with Gasteiger partial charge < -0.3 is 5.32 Å². The summed E-state index contributed by atoms with van der Waals surface area (Å²) >= 11 is 0. The normalized spacial score (nSPS) is 15.6. The lowest BCUT2D eigenvalue weighted by atomic mass is 10.1. The molecule has 1 aliphatic carbocycles. The fraction of sp³-hybridized carbons (Fsp3) is 0.167. The lowest BCUT2D eigenvalue weighted by Gasteiger charge is -2.10. The second-order valence-corrected chi connectivity index (χ2v) is 8.30. The van der Waals surface area contributed by atoms with Gasteiger partial charge in [0, 0.05) is 27.9 Å². The molecule has 8 nitrogen and oxygen atoms in total. The van der Waals surface area contributed by atoms with Crippen LogP contribution in [0.2, 0.25) is 0 Å². The molecule has 1 aliphatic heterocycles. The predicted octanol–water partition coefficient (Wildman–Crippen LogP) is 2.68. The first kappa shape index (κ1) is 15.8. The Balaban J connectivity index is 1.62. The third-order valence-electron chi connectivity index (χ3n) is 4.91. The van der Waals surface area contributed by atoms with Gasteiger partial charge in [0.05, 0.1) is 10.6 Å². The monoisotopic (exact) mass is 379 g/mol. The van der Waals surface area contributed by atoms with Gasteiger partial charge in [-0.1, -0.05) is 12.1 Å². The lowest BCUT2D eigenvalue weighted by molar-refractivity contribution is 0.103. The smallest absolute Gasteiger partial charge is 0.263 e. The van der Waals surface area contributed by atoms with Crippen molar-refractivity contribution in [1.29, 1.82) is 5.26 Å². The first-order valence-corrected chi connectivity index (χ1v) is 9.86. The number of hydrogen-bond acceptors (Lipinski definition) is 5. The maximum absolute atomic E-state index is 13.0. The number of rotatable bonds is 4. The van der Waals surface area contributed by atoms with Crippen molar-refractivity contribution in [3.8, 4) is 6.07 Å². The molecule has 2 aliphatic rings. The average Bonchev–Trinajstić information content (AvgIpc) is 3.34. The molecule has 134 valence electrons. The number of benzene rings is 2. The fourth-order valence-electron chi connectivity index (χ4n) is 3.49. The summed E-state index contributed by atoms with van der Waals surface area (Å²) in [6.45, 7) is 0. The SMILES string of the molecule is N#Cc1c(NS(=O)(=O)c2ccc3c4c(cccc24)C(=O)N3)n[nH]c1C1CC1. The number of nitriles is 1. The fourth-order valence-corrected chi connectivity index (χ4v) is 4.71. The highest BCUT2D eigenvalue weighted by molar-refractivity contribution is 7.93. The summed E-state index contributed by atoms with van der Waals surface area (Å²) in [5.74, 6) is -0.0256. The zero-order valence-corrected chi connectivity index (χ0v) is 14.7. The number of nitrogens with one attached hydrogen (secondary N) is 3. The van der Waals surface area contributed by atoms with Gasteiger partial charge in [0.1, 0.15) is 11.6 Å². The van der Waals surface area contributed by atoms with Crippen molar-refractivity contribution in [3.05, 3.63) is 47.2 Å². The molecule has 3 aromatic rings. The summed E-state index contributed by atoms with van der Waals surface area (Å²) in [6, 6.07) is 10.00. The Hall–Kier alpha value is -3.38. The number of aromatic amines is 1. The summed E-state index contributed by atoms with van der Waals surface area (Å²) in [5, 5.41) is 19.9. The largest absolute Gasteiger partial charge is 0.321 e. The molecule has 1 fully saturated rings. The van der Waals surface area contributed by atoms with Crippen molar-refractivity contribution in [2.24, 2.45) is 0 Å². The van der Waals surface area contributed by atoms with Crippen LogP contribution in [0.3, 0.4) is 0 Å². The Morgan fingerprint density at radius 1 is 1.22 bits per heavy atom. The minimum atomic E-state index is -4.01. The second-order valence-electron chi connectivity index (χ2n) is 6.65. The van der Waals surface area contributed by atoms with E-state index in [1.165, 1.54) is 6.07 Å². The van der Waals surface area contributed by atoms with E-state index < -0.39 is 10.0 Å². The third-order valence-corrected chi connectivity index (χ3v) is 6.30. The van der Waals surface area contributed by atoms with E-state index in [-0.39, 0.29) is 28.1 Å². The van der Waals surface area contributed by atoms with Gasteiger partial charge in [-0.2, -0.15) is 10.4 Å². The van der Waals surface area contributed by atoms with Gasteiger partial charge in [0.15, 0.2) is 5.82 Å². The number of sulfonamides is 1. The molecule has 0 unspecified atom stereocenters. The molecule has 3 N–H and O–H groups in total. The van der Waals surface area contributed by atoms with E-state index in [1.54, 1.807) is 24.3 Å². The highest BCUT2D eigenvalue weighted by Crippen LogP contribution is 2.42. The van der Waals surface area contributed by atoms with E-state index >= 15 is 0 Å². The second kappa shape index (κ2) is 5.31. The maximum atomic E-state index is 13.0. The highest BCUT2D eigenvalue weighted by Gasteiger charge is 2.32. The molecule has 9 heteroatoms. The molecular weight excluding hydrogens is 366 g/mol. The van der Waals surface area contributed by atoms with Crippen LogP contribution in [0.4, 0.5) is 11.5 Å². The molecule has 2 aromatic carbocycles. The molecule has 1 aromatic heterocycles. The number of H-pyrrole nitrogens is 1. The Bertz CT molecular complexity index is 1280. The quantitative estimate of drug-likeness (QED) is 0.642. The van der Waals surface area contributed by atoms with E-state index in [4.69, 9.17) is 0 Å². The van der Waals surface area contributed by atoms with Crippen molar-refractivity contribution in [2.45, 2.75) is 23.7 Å². The van der Waals surface area contributed by atoms with Gasteiger partial charge in [-0.15, -0.1) is 0 Å². The number of amides is 1. The highest BCUT2D eigenvalue weighted by atomic mass is 32.2. The molecule has 2 heterocycles. The minimum Gasteiger partial charge on any atom is -0.321 e. The molecule has 0 spiro atoms. The van der Waals surface area contributed by atoms with Crippen LogP contribution < -0.4 is 10.0 Å². The van der Waals surface area contributed by atoms with Crippen molar-refractivity contribution in [1.82, 2.24) is 10.2 Å². The van der Waals surface area contributed by atoms with E-state index in [1.807, 2.05) is 6.07 Å². The Labute approximate surface area is 154 Å². The van der Waals surface area contributed by atoms with Crippen molar-refractivity contribution in [2.75, 3.05) is 10.0 Å². The lowest BCUT2D eigenvalue weighted by Crippen LogP contribution is -2.14. The molecule has 0 radical (unpaired) electrons.